The van der Waals surface area contributed by atoms with Crippen molar-refractivity contribution in [1.82, 2.24) is 0 Å². The summed E-state index contributed by atoms with van der Waals surface area (Å²) in [6.07, 6.45) is 7.81. The minimum atomic E-state index is 0.113. The third-order valence-corrected chi connectivity index (χ3v) is 5.25. The molecule has 0 aromatic carbocycles. The summed E-state index contributed by atoms with van der Waals surface area (Å²) >= 11 is 24.7. The standard InChI is InChI=1S/C20H20Cl4N4/c1-25(2)13-5-9-27(10-6-13)17-15(19(21)22)16(20(23)24)18(17)28-11-7-14(8-12-28)26(3)4/h5-12H,1-4H3/q+2. The summed E-state index contributed by atoms with van der Waals surface area (Å²) in [4.78, 5) is 4.06. The fourth-order valence-corrected chi connectivity index (χ4v) is 3.75. The molecule has 0 saturated carbocycles. The van der Waals surface area contributed by atoms with Crippen LogP contribution in [0.25, 0.3) is 11.4 Å². The summed E-state index contributed by atoms with van der Waals surface area (Å²) in [5.74, 6) is 0. The molecule has 3 rings (SSSR count). The van der Waals surface area contributed by atoms with Crippen LogP contribution in [-0.2, 0) is 0 Å². The van der Waals surface area contributed by atoms with Crippen molar-refractivity contribution in [2.45, 2.75) is 0 Å². The number of hydrogen-bond donors (Lipinski definition) is 0. The van der Waals surface area contributed by atoms with Gasteiger partial charge in [-0.05, 0) is 0 Å². The summed E-state index contributed by atoms with van der Waals surface area (Å²) in [7, 11) is 7.96. The van der Waals surface area contributed by atoms with E-state index in [2.05, 4.69) is 0 Å². The van der Waals surface area contributed by atoms with Crippen LogP contribution in [0.1, 0.15) is 0 Å². The zero-order valence-corrected chi connectivity index (χ0v) is 18.9. The predicted octanol–water partition coefficient (Wildman–Crippen LogP) is 4.61. The lowest BCUT2D eigenvalue weighted by atomic mass is 9.88. The smallest absolute Gasteiger partial charge is 0.294 e. The van der Waals surface area contributed by atoms with Crippen LogP contribution in [0.3, 0.4) is 0 Å². The fraction of sp³-hybridized carbons (Fsp3) is 0.200. The number of anilines is 2. The van der Waals surface area contributed by atoms with E-state index in [1.807, 2.05) is 96.2 Å². The third-order valence-electron chi connectivity index (χ3n) is 4.50. The number of hydrogen-bond acceptors (Lipinski definition) is 2. The fourth-order valence-electron chi connectivity index (χ4n) is 3.01. The molecule has 1 aliphatic carbocycles. The highest BCUT2D eigenvalue weighted by Gasteiger charge is 2.48. The van der Waals surface area contributed by atoms with Crippen LogP contribution >= 0.6 is 46.4 Å². The molecule has 0 atom stereocenters. The predicted molar refractivity (Wildman–Crippen MR) is 119 cm³/mol. The van der Waals surface area contributed by atoms with E-state index in [0.717, 1.165) is 22.8 Å². The van der Waals surface area contributed by atoms with Gasteiger partial charge in [-0.2, -0.15) is 9.13 Å². The van der Waals surface area contributed by atoms with Crippen molar-refractivity contribution in [2.24, 2.45) is 0 Å². The summed E-state index contributed by atoms with van der Waals surface area (Å²) in [5.41, 5.74) is 5.03. The molecular formula is C20H20Cl4N4+2. The lowest BCUT2D eigenvalue weighted by molar-refractivity contribution is -0.611. The van der Waals surface area contributed by atoms with E-state index in [9.17, 15) is 0 Å². The Kier molecular flexibility index (Phi) is 6.25. The zero-order valence-electron chi connectivity index (χ0n) is 15.9. The van der Waals surface area contributed by atoms with E-state index in [0.29, 0.717) is 11.1 Å². The average Bonchev–Trinajstić information content (AvgIpc) is 2.61. The first-order chi connectivity index (χ1) is 13.2. The Morgan fingerprint density at radius 1 is 0.607 bits per heavy atom. The van der Waals surface area contributed by atoms with Crippen molar-refractivity contribution >= 4 is 69.2 Å². The van der Waals surface area contributed by atoms with Gasteiger partial charge < -0.3 is 9.80 Å². The summed E-state index contributed by atoms with van der Waals surface area (Å²) in [6, 6.07) is 8.03. The van der Waals surface area contributed by atoms with Crippen LogP contribution in [0.4, 0.5) is 11.4 Å². The molecule has 0 amide bonds. The first-order valence-corrected chi connectivity index (χ1v) is 9.97. The molecule has 2 heterocycles. The zero-order chi connectivity index (χ0) is 20.6. The second-order valence-electron chi connectivity index (χ2n) is 6.68. The lowest BCUT2D eigenvalue weighted by Gasteiger charge is -2.21. The molecule has 28 heavy (non-hydrogen) atoms. The van der Waals surface area contributed by atoms with Gasteiger partial charge in [0.2, 0.25) is 0 Å². The van der Waals surface area contributed by atoms with E-state index in [4.69, 9.17) is 46.4 Å². The van der Waals surface area contributed by atoms with E-state index >= 15 is 0 Å². The van der Waals surface area contributed by atoms with Crippen molar-refractivity contribution in [3.63, 3.8) is 0 Å². The monoisotopic (exact) mass is 456 g/mol. The maximum atomic E-state index is 6.19. The Labute approximate surface area is 185 Å². The number of halogens is 4. The molecule has 0 bridgehead atoms. The summed E-state index contributed by atoms with van der Waals surface area (Å²) < 4.78 is 4.13. The number of aromatic nitrogens is 2. The van der Waals surface area contributed by atoms with Gasteiger partial charge in [0.1, 0.15) is 20.1 Å². The van der Waals surface area contributed by atoms with E-state index < -0.39 is 0 Å². The number of pyridine rings is 2. The van der Waals surface area contributed by atoms with Gasteiger partial charge in [-0.1, -0.05) is 46.4 Å². The van der Waals surface area contributed by atoms with Gasteiger partial charge in [0, 0.05) is 63.8 Å². The van der Waals surface area contributed by atoms with Crippen molar-refractivity contribution < 1.29 is 9.13 Å². The van der Waals surface area contributed by atoms with Crippen molar-refractivity contribution in [1.29, 1.82) is 0 Å². The van der Waals surface area contributed by atoms with Gasteiger partial charge in [0.15, 0.2) is 24.8 Å². The van der Waals surface area contributed by atoms with E-state index in [1.54, 1.807) is 0 Å². The Morgan fingerprint density at radius 2 is 0.893 bits per heavy atom. The molecule has 4 nitrogen and oxygen atoms in total. The second-order valence-corrected chi connectivity index (χ2v) is 8.58. The minimum Gasteiger partial charge on any atom is -0.377 e. The number of rotatable bonds is 4. The average molecular weight is 458 g/mol. The molecule has 146 valence electrons. The first-order valence-electron chi connectivity index (χ1n) is 8.46. The summed E-state index contributed by atoms with van der Waals surface area (Å²) in [6.45, 7) is 0. The SMILES string of the molecule is CN(C)c1cc[n+](C2=C([n+]3ccc(N(C)C)cc3)C(=C(Cl)Cl)C2=C(Cl)Cl)cc1. The summed E-state index contributed by atoms with van der Waals surface area (Å²) in [5, 5.41) is 0. The molecule has 1 aliphatic rings. The van der Waals surface area contributed by atoms with Gasteiger partial charge in [-0.15, -0.1) is 0 Å². The lowest BCUT2D eigenvalue weighted by Crippen LogP contribution is -2.47. The largest absolute Gasteiger partial charge is 0.377 e. The Bertz CT molecular complexity index is 898. The van der Waals surface area contributed by atoms with Crippen LogP contribution in [-0.4, -0.2) is 28.2 Å². The quantitative estimate of drug-likeness (QED) is 0.622. The highest BCUT2D eigenvalue weighted by atomic mass is 35.5. The maximum Gasteiger partial charge on any atom is 0.294 e. The highest BCUT2D eigenvalue weighted by Crippen LogP contribution is 2.47. The molecule has 0 unspecified atom stereocenters. The topological polar surface area (TPSA) is 14.2 Å². The van der Waals surface area contributed by atoms with E-state index in [1.165, 1.54) is 0 Å². The molecule has 8 heteroatoms. The van der Waals surface area contributed by atoms with Crippen LogP contribution < -0.4 is 18.9 Å². The third kappa shape index (κ3) is 3.87. The number of nitrogens with zero attached hydrogens (tertiary/aromatic N) is 4. The molecule has 0 radical (unpaired) electrons. The highest BCUT2D eigenvalue weighted by molar-refractivity contribution is 6.60. The first kappa shape index (κ1) is 21.0. The molecule has 0 saturated heterocycles. The Balaban J connectivity index is 2.22. The van der Waals surface area contributed by atoms with Crippen LogP contribution in [0, 0.1) is 0 Å². The normalized spacial score (nSPS) is 13.4. The molecular weight excluding hydrogens is 438 g/mol. The maximum absolute atomic E-state index is 6.19. The minimum absolute atomic E-state index is 0.113. The van der Waals surface area contributed by atoms with Gasteiger partial charge in [-0.25, -0.2) is 0 Å². The molecule has 0 fully saturated rings. The number of allylic oxidation sites excluding steroid dienone is 4. The molecule has 0 N–H and O–H groups in total. The van der Waals surface area contributed by atoms with Gasteiger partial charge in [0.25, 0.3) is 11.4 Å². The van der Waals surface area contributed by atoms with Crippen LogP contribution in [0.5, 0.6) is 0 Å². The van der Waals surface area contributed by atoms with Gasteiger partial charge in [-0.3, -0.25) is 0 Å². The van der Waals surface area contributed by atoms with Gasteiger partial charge >= 0.3 is 0 Å². The van der Waals surface area contributed by atoms with Crippen molar-refractivity contribution in [2.75, 3.05) is 38.0 Å². The molecule has 2 aromatic heterocycles. The Morgan fingerprint density at radius 3 is 1.11 bits per heavy atom. The van der Waals surface area contributed by atoms with Crippen LogP contribution in [0.15, 0.2) is 69.2 Å². The van der Waals surface area contributed by atoms with Crippen LogP contribution in [0.2, 0.25) is 0 Å². The molecule has 2 aromatic rings. The van der Waals surface area contributed by atoms with E-state index in [-0.39, 0.29) is 8.98 Å². The molecule has 0 spiro atoms. The molecule has 0 aliphatic heterocycles. The van der Waals surface area contributed by atoms with Crippen molar-refractivity contribution in [3.8, 4) is 0 Å². The Hall–Kier alpha value is -1.72. The van der Waals surface area contributed by atoms with Crippen molar-refractivity contribution in [3.05, 3.63) is 69.2 Å². The second kappa shape index (κ2) is 8.34. The van der Waals surface area contributed by atoms with Gasteiger partial charge in [0.05, 0.1) is 0 Å².